The van der Waals surface area contributed by atoms with Crippen molar-refractivity contribution in [3.05, 3.63) is 59.7 Å². The molecule has 0 spiro atoms. The molecule has 2 N–H and O–H groups in total. The predicted molar refractivity (Wildman–Crippen MR) is 119 cm³/mol. The van der Waals surface area contributed by atoms with Crippen molar-refractivity contribution in [1.82, 2.24) is 4.98 Å². The maximum atomic E-state index is 13.0. The van der Waals surface area contributed by atoms with E-state index in [1.54, 1.807) is 12.1 Å². The number of anilines is 3. The third-order valence-corrected chi connectivity index (χ3v) is 5.58. The zero-order chi connectivity index (χ0) is 20.6. The number of amides is 1. The minimum absolute atomic E-state index is 0.0632. The van der Waals surface area contributed by atoms with E-state index in [-0.39, 0.29) is 17.6 Å². The highest BCUT2D eigenvalue weighted by Crippen LogP contribution is 2.28. The lowest BCUT2D eigenvalue weighted by Gasteiger charge is -2.14. The summed E-state index contributed by atoms with van der Waals surface area (Å²) < 4.78 is 13.0. The minimum atomic E-state index is -0.266. The van der Waals surface area contributed by atoms with Crippen molar-refractivity contribution in [3.8, 4) is 11.3 Å². The van der Waals surface area contributed by atoms with E-state index in [0.717, 1.165) is 53.4 Å². The number of benzene rings is 2. The highest BCUT2D eigenvalue weighted by Gasteiger charge is 2.16. The van der Waals surface area contributed by atoms with Crippen LogP contribution in [0, 0.1) is 11.7 Å². The van der Waals surface area contributed by atoms with Crippen LogP contribution in [0.1, 0.15) is 39.5 Å². The number of halogens is 1. The van der Waals surface area contributed by atoms with Gasteiger partial charge in [-0.2, -0.15) is 0 Å². The summed E-state index contributed by atoms with van der Waals surface area (Å²) in [6.45, 7) is 4.20. The average molecular weight is 412 g/mol. The SMILES string of the molecule is CCCC[C@@H](CC)C(=O)Nc1ccc(-c2csc(Nc3ccc(F)cc3)n2)cc1. The molecule has 0 saturated carbocycles. The van der Waals surface area contributed by atoms with Crippen molar-refractivity contribution in [3.63, 3.8) is 0 Å². The average Bonchev–Trinajstić information content (AvgIpc) is 3.19. The normalized spacial score (nSPS) is 11.8. The predicted octanol–water partition coefficient (Wildman–Crippen LogP) is 6.85. The number of rotatable bonds is 9. The molecule has 0 radical (unpaired) electrons. The standard InChI is InChI=1S/C23H26FN3OS/c1-3-5-6-16(4-2)22(28)25-19-11-7-17(8-12-19)21-15-29-23(27-21)26-20-13-9-18(24)10-14-20/h7-16H,3-6H2,1-2H3,(H,25,28)(H,26,27)/t16-/m1/s1. The second-order valence-corrected chi connectivity index (χ2v) is 7.84. The summed E-state index contributed by atoms with van der Waals surface area (Å²) in [5.41, 5.74) is 3.42. The second kappa shape index (κ2) is 10.2. The molecule has 0 aliphatic rings. The Labute approximate surface area is 175 Å². The molecule has 3 aromatic rings. The number of hydrogen-bond donors (Lipinski definition) is 2. The van der Waals surface area contributed by atoms with Gasteiger partial charge in [0.1, 0.15) is 5.82 Å². The third kappa shape index (κ3) is 5.87. The van der Waals surface area contributed by atoms with Gasteiger partial charge in [0, 0.05) is 28.2 Å². The van der Waals surface area contributed by atoms with Gasteiger partial charge < -0.3 is 10.6 Å². The lowest BCUT2D eigenvalue weighted by molar-refractivity contribution is -0.120. The summed E-state index contributed by atoms with van der Waals surface area (Å²) in [6.07, 6.45) is 3.96. The summed E-state index contributed by atoms with van der Waals surface area (Å²) >= 11 is 1.49. The first-order chi connectivity index (χ1) is 14.1. The van der Waals surface area contributed by atoms with Crippen molar-refractivity contribution < 1.29 is 9.18 Å². The summed E-state index contributed by atoms with van der Waals surface area (Å²) in [6, 6.07) is 13.9. The van der Waals surface area contributed by atoms with Crippen LogP contribution in [0.2, 0.25) is 0 Å². The highest BCUT2D eigenvalue weighted by molar-refractivity contribution is 7.14. The molecule has 0 aliphatic carbocycles. The van der Waals surface area contributed by atoms with Crippen LogP contribution in [0.3, 0.4) is 0 Å². The monoisotopic (exact) mass is 411 g/mol. The van der Waals surface area contributed by atoms with Crippen molar-refractivity contribution in [2.45, 2.75) is 39.5 Å². The van der Waals surface area contributed by atoms with Crippen LogP contribution in [0.15, 0.2) is 53.9 Å². The van der Waals surface area contributed by atoms with E-state index in [1.807, 2.05) is 29.6 Å². The molecule has 1 heterocycles. The number of nitrogens with zero attached hydrogens (tertiary/aromatic N) is 1. The summed E-state index contributed by atoms with van der Waals surface area (Å²) in [7, 11) is 0. The first-order valence-electron chi connectivity index (χ1n) is 9.98. The van der Waals surface area contributed by atoms with Gasteiger partial charge in [0.2, 0.25) is 5.91 Å². The molecule has 1 aromatic heterocycles. The molecular formula is C23H26FN3OS. The molecule has 1 atom stereocenters. The van der Waals surface area contributed by atoms with E-state index in [1.165, 1.54) is 23.5 Å². The van der Waals surface area contributed by atoms with Gasteiger partial charge in [0.25, 0.3) is 0 Å². The molecule has 152 valence electrons. The van der Waals surface area contributed by atoms with Gasteiger partial charge in [-0.1, -0.05) is 38.8 Å². The fourth-order valence-electron chi connectivity index (χ4n) is 3.06. The number of carbonyl (C=O) groups excluding carboxylic acids is 1. The Morgan fingerprint density at radius 1 is 1.07 bits per heavy atom. The Hall–Kier alpha value is -2.73. The van der Waals surface area contributed by atoms with Crippen LogP contribution in [0.5, 0.6) is 0 Å². The lowest BCUT2D eigenvalue weighted by Crippen LogP contribution is -2.22. The number of carbonyl (C=O) groups is 1. The smallest absolute Gasteiger partial charge is 0.227 e. The maximum absolute atomic E-state index is 13.0. The number of nitrogens with one attached hydrogen (secondary N) is 2. The molecule has 0 saturated heterocycles. The number of hydrogen-bond acceptors (Lipinski definition) is 4. The van der Waals surface area contributed by atoms with Crippen molar-refractivity contribution >= 4 is 33.8 Å². The zero-order valence-corrected chi connectivity index (χ0v) is 17.6. The van der Waals surface area contributed by atoms with Crippen molar-refractivity contribution in [1.29, 1.82) is 0 Å². The maximum Gasteiger partial charge on any atom is 0.227 e. The largest absolute Gasteiger partial charge is 0.332 e. The van der Waals surface area contributed by atoms with E-state index in [4.69, 9.17) is 0 Å². The quantitative estimate of drug-likeness (QED) is 0.405. The van der Waals surface area contributed by atoms with Gasteiger partial charge in [-0.25, -0.2) is 9.37 Å². The van der Waals surface area contributed by atoms with Crippen molar-refractivity contribution in [2.75, 3.05) is 10.6 Å². The molecular weight excluding hydrogens is 385 g/mol. The zero-order valence-electron chi connectivity index (χ0n) is 16.7. The second-order valence-electron chi connectivity index (χ2n) is 6.98. The van der Waals surface area contributed by atoms with Crippen LogP contribution in [0.25, 0.3) is 11.3 Å². The first kappa shape index (κ1) is 21.0. The molecule has 6 heteroatoms. The van der Waals surface area contributed by atoms with Crippen LogP contribution in [-0.2, 0) is 4.79 Å². The molecule has 1 amide bonds. The van der Waals surface area contributed by atoms with Gasteiger partial charge in [-0.05, 0) is 49.2 Å². The molecule has 0 unspecified atom stereocenters. The summed E-state index contributed by atoms with van der Waals surface area (Å²) in [4.78, 5) is 17.0. The lowest BCUT2D eigenvalue weighted by atomic mass is 9.98. The van der Waals surface area contributed by atoms with E-state index in [9.17, 15) is 9.18 Å². The Kier molecular flexibility index (Phi) is 7.36. The van der Waals surface area contributed by atoms with Crippen LogP contribution >= 0.6 is 11.3 Å². The Bertz CT molecular complexity index is 922. The van der Waals surface area contributed by atoms with Gasteiger partial charge in [0.15, 0.2) is 5.13 Å². The van der Waals surface area contributed by atoms with Crippen LogP contribution in [-0.4, -0.2) is 10.9 Å². The Balaban J connectivity index is 1.62. The fourth-order valence-corrected chi connectivity index (χ4v) is 3.80. The topological polar surface area (TPSA) is 54.0 Å². The van der Waals surface area contributed by atoms with Crippen molar-refractivity contribution in [2.24, 2.45) is 5.92 Å². The van der Waals surface area contributed by atoms with E-state index in [0.29, 0.717) is 0 Å². The summed E-state index contributed by atoms with van der Waals surface area (Å²) in [5, 5.41) is 8.91. The number of thiazole rings is 1. The molecule has 0 aliphatic heterocycles. The van der Waals surface area contributed by atoms with E-state index >= 15 is 0 Å². The van der Waals surface area contributed by atoms with E-state index in [2.05, 4.69) is 29.5 Å². The van der Waals surface area contributed by atoms with Gasteiger partial charge in [-0.15, -0.1) is 11.3 Å². The Morgan fingerprint density at radius 2 is 1.76 bits per heavy atom. The number of unbranched alkanes of at least 4 members (excludes halogenated alkanes) is 1. The fraction of sp³-hybridized carbons (Fsp3) is 0.304. The van der Waals surface area contributed by atoms with Gasteiger partial charge >= 0.3 is 0 Å². The van der Waals surface area contributed by atoms with Gasteiger partial charge in [0.05, 0.1) is 5.69 Å². The highest BCUT2D eigenvalue weighted by atomic mass is 32.1. The molecule has 3 rings (SSSR count). The third-order valence-electron chi connectivity index (χ3n) is 4.82. The van der Waals surface area contributed by atoms with Gasteiger partial charge in [-0.3, -0.25) is 4.79 Å². The Morgan fingerprint density at radius 3 is 2.41 bits per heavy atom. The molecule has 29 heavy (non-hydrogen) atoms. The molecule has 0 bridgehead atoms. The van der Waals surface area contributed by atoms with Crippen LogP contribution < -0.4 is 10.6 Å². The molecule has 0 fully saturated rings. The molecule has 2 aromatic carbocycles. The molecule has 4 nitrogen and oxygen atoms in total. The first-order valence-corrected chi connectivity index (χ1v) is 10.9. The minimum Gasteiger partial charge on any atom is -0.332 e. The van der Waals surface area contributed by atoms with Crippen LogP contribution in [0.4, 0.5) is 20.9 Å². The number of aromatic nitrogens is 1. The van der Waals surface area contributed by atoms with E-state index < -0.39 is 0 Å². The summed E-state index contributed by atoms with van der Waals surface area (Å²) in [5.74, 6) is -0.111.